The summed E-state index contributed by atoms with van der Waals surface area (Å²) in [6, 6.07) is 11.8. The zero-order valence-corrected chi connectivity index (χ0v) is 19.7. The molecule has 2 aromatic carbocycles. The minimum absolute atomic E-state index is 0.160. The van der Waals surface area contributed by atoms with Gasteiger partial charge in [0.1, 0.15) is 11.5 Å². The standard InChI is InChI=1S/C24H24N4O5S/c1-13(29)25-15-4-6-16(7-5-15)26-23(31)19-8-9-20-21(19)27-24(34-20)28-22(30)14-10-17(32-2)12-18(11-14)33-3/h4-7,10-12,19H,8-9H2,1-3H3,(H,25,29)(H,26,31)(H,27,28,30). The summed E-state index contributed by atoms with van der Waals surface area (Å²) in [5.41, 5.74) is 2.35. The lowest BCUT2D eigenvalue weighted by Gasteiger charge is -2.11. The zero-order chi connectivity index (χ0) is 24.2. The molecule has 1 atom stereocenters. The van der Waals surface area contributed by atoms with Crippen LogP contribution >= 0.6 is 11.3 Å². The second kappa shape index (κ2) is 9.92. The number of carbonyl (C=O) groups excluding carboxylic acids is 3. The van der Waals surface area contributed by atoms with Gasteiger partial charge in [-0.2, -0.15) is 0 Å². The van der Waals surface area contributed by atoms with Gasteiger partial charge in [0.2, 0.25) is 11.8 Å². The van der Waals surface area contributed by atoms with Crippen LogP contribution in [0.25, 0.3) is 0 Å². The molecule has 1 aliphatic carbocycles. The average Bonchev–Trinajstić information content (AvgIpc) is 3.39. The van der Waals surface area contributed by atoms with Crippen molar-refractivity contribution in [1.29, 1.82) is 0 Å². The number of anilines is 3. The number of hydrogen-bond donors (Lipinski definition) is 3. The molecule has 10 heteroatoms. The summed E-state index contributed by atoms with van der Waals surface area (Å²) in [7, 11) is 3.04. The number of hydrogen-bond acceptors (Lipinski definition) is 7. The van der Waals surface area contributed by atoms with Gasteiger partial charge in [-0.3, -0.25) is 19.7 Å². The highest BCUT2D eigenvalue weighted by atomic mass is 32.1. The lowest BCUT2D eigenvalue weighted by atomic mass is 10.1. The van der Waals surface area contributed by atoms with E-state index in [9.17, 15) is 14.4 Å². The van der Waals surface area contributed by atoms with Crippen LogP contribution < -0.4 is 25.4 Å². The first-order chi connectivity index (χ1) is 16.4. The van der Waals surface area contributed by atoms with Gasteiger partial charge in [0, 0.05) is 34.8 Å². The molecule has 0 saturated heterocycles. The number of aromatic nitrogens is 1. The van der Waals surface area contributed by atoms with Crippen molar-refractivity contribution in [3.05, 3.63) is 58.6 Å². The molecule has 1 unspecified atom stereocenters. The van der Waals surface area contributed by atoms with E-state index in [0.29, 0.717) is 45.7 Å². The molecule has 3 N–H and O–H groups in total. The Kier molecular flexibility index (Phi) is 6.78. The summed E-state index contributed by atoms with van der Waals surface area (Å²) in [6.45, 7) is 1.44. The van der Waals surface area contributed by atoms with Crippen LogP contribution in [0.15, 0.2) is 42.5 Å². The Labute approximate surface area is 200 Å². The third-order valence-corrected chi connectivity index (χ3v) is 6.39. The van der Waals surface area contributed by atoms with Crippen molar-refractivity contribution in [1.82, 2.24) is 4.98 Å². The number of thiazole rings is 1. The van der Waals surface area contributed by atoms with Crippen LogP contribution in [0, 0.1) is 0 Å². The van der Waals surface area contributed by atoms with Crippen molar-refractivity contribution in [3.8, 4) is 11.5 Å². The number of nitrogens with zero attached hydrogens (tertiary/aromatic N) is 1. The van der Waals surface area contributed by atoms with E-state index in [1.165, 1.54) is 32.5 Å². The molecule has 0 fully saturated rings. The molecule has 0 spiro atoms. The number of methoxy groups -OCH3 is 2. The third kappa shape index (κ3) is 5.18. The minimum atomic E-state index is -0.399. The Morgan fingerprint density at radius 2 is 1.56 bits per heavy atom. The lowest BCUT2D eigenvalue weighted by molar-refractivity contribution is -0.117. The Morgan fingerprint density at radius 1 is 0.941 bits per heavy atom. The van der Waals surface area contributed by atoms with Crippen LogP contribution in [0.2, 0.25) is 0 Å². The van der Waals surface area contributed by atoms with Gasteiger partial charge in [-0.1, -0.05) is 0 Å². The van der Waals surface area contributed by atoms with Crippen LogP contribution in [0.3, 0.4) is 0 Å². The first kappa shape index (κ1) is 23.2. The summed E-state index contributed by atoms with van der Waals surface area (Å²) in [5, 5.41) is 8.84. The van der Waals surface area contributed by atoms with Crippen molar-refractivity contribution in [2.24, 2.45) is 0 Å². The number of nitrogens with one attached hydrogen (secondary N) is 3. The lowest BCUT2D eigenvalue weighted by Crippen LogP contribution is -2.20. The highest BCUT2D eigenvalue weighted by Crippen LogP contribution is 2.39. The fraction of sp³-hybridized carbons (Fsp3) is 0.250. The maximum absolute atomic E-state index is 12.9. The molecule has 1 aromatic heterocycles. The molecule has 0 saturated carbocycles. The van der Waals surface area contributed by atoms with E-state index in [1.807, 2.05) is 0 Å². The van der Waals surface area contributed by atoms with Gasteiger partial charge in [0.15, 0.2) is 5.13 Å². The number of amides is 3. The van der Waals surface area contributed by atoms with Gasteiger partial charge in [0.05, 0.1) is 25.8 Å². The number of ether oxygens (including phenoxy) is 2. The van der Waals surface area contributed by atoms with Gasteiger partial charge < -0.3 is 20.1 Å². The molecule has 3 aromatic rings. The van der Waals surface area contributed by atoms with Crippen LogP contribution in [-0.4, -0.2) is 36.9 Å². The molecule has 3 amide bonds. The van der Waals surface area contributed by atoms with Gasteiger partial charge >= 0.3 is 0 Å². The first-order valence-corrected chi connectivity index (χ1v) is 11.4. The fourth-order valence-corrected chi connectivity index (χ4v) is 4.75. The smallest absolute Gasteiger partial charge is 0.257 e. The maximum atomic E-state index is 12.9. The normalized spacial score (nSPS) is 14.1. The van der Waals surface area contributed by atoms with E-state index in [2.05, 4.69) is 20.9 Å². The Morgan fingerprint density at radius 3 is 2.15 bits per heavy atom. The topological polar surface area (TPSA) is 119 Å². The quantitative estimate of drug-likeness (QED) is 0.470. The van der Waals surface area contributed by atoms with Gasteiger partial charge in [0.25, 0.3) is 5.91 Å². The summed E-state index contributed by atoms with van der Waals surface area (Å²) >= 11 is 1.37. The second-order valence-corrected chi connectivity index (χ2v) is 8.81. The number of rotatable bonds is 7. The SMILES string of the molecule is COc1cc(OC)cc(C(=O)Nc2nc3c(s2)CCC3C(=O)Nc2ccc(NC(C)=O)cc2)c1. The second-order valence-electron chi connectivity index (χ2n) is 7.72. The van der Waals surface area contributed by atoms with Gasteiger partial charge in [-0.05, 0) is 49.2 Å². The largest absolute Gasteiger partial charge is 0.497 e. The molecule has 0 aliphatic heterocycles. The Hall–Kier alpha value is -3.92. The molecular weight excluding hydrogens is 456 g/mol. The van der Waals surface area contributed by atoms with E-state index >= 15 is 0 Å². The average molecular weight is 481 g/mol. The molecule has 0 bridgehead atoms. The predicted octanol–water partition coefficient (Wildman–Crippen LogP) is 4.04. The van der Waals surface area contributed by atoms with E-state index in [4.69, 9.17) is 9.47 Å². The summed E-state index contributed by atoms with van der Waals surface area (Å²) in [6.07, 6.45) is 1.38. The number of benzene rings is 2. The molecule has 0 radical (unpaired) electrons. The highest BCUT2D eigenvalue weighted by molar-refractivity contribution is 7.16. The summed E-state index contributed by atoms with van der Waals surface area (Å²) in [5.74, 6) is -0.0476. The van der Waals surface area contributed by atoms with Crippen LogP contribution in [0.1, 0.15) is 40.2 Å². The predicted molar refractivity (Wildman–Crippen MR) is 130 cm³/mol. The molecule has 1 aliphatic rings. The van der Waals surface area contributed by atoms with Gasteiger partial charge in [-0.15, -0.1) is 11.3 Å². The fourth-order valence-electron chi connectivity index (χ4n) is 3.71. The van der Waals surface area contributed by atoms with Crippen molar-refractivity contribution in [3.63, 3.8) is 0 Å². The first-order valence-electron chi connectivity index (χ1n) is 10.6. The molecule has 34 heavy (non-hydrogen) atoms. The number of fused-ring (bicyclic) bond motifs is 1. The van der Waals surface area contributed by atoms with Crippen molar-refractivity contribution in [2.45, 2.75) is 25.7 Å². The van der Waals surface area contributed by atoms with E-state index < -0.39 is 5.92 Å². The van der Waals surface area contributed by atoms with Crippen molar-refractivity contribution >= 4 is 45.6 Å². The molecule has 9 nitrogen and oxygen atoms in total. The van der Waals surface area contributed by atoms with Crippen molar-refractivity contribution < 1.29 is 23.9 Å². The Balaban J connectivity index is 1.44. The molecular formula is C24H24N4O5S. The van der Waals surface area contributed by atoms with Crippen LogP contribution in [-0.2, 0) is 16.0 Å². The van der Waals surface area contributed by atoms with Gasteiger partial charge in [-0.25, -0.2) is 4.98 Å². The van der Waals surface area contributed by atoms with Crippen molar-refractivity contribution in [2.75, 3.05) is 30.2 Å². The van der Waals surface area contributed by atoms with E-state index in [-0.39, 0.29) is 17.7 Å². The third-order valence-electron chi connectivity index (χ3n) is 5.34. The highest BCUT2D eigenvalue weighted by Gasteiger charge is 2.33. The van der Waals surface area contributed by atoms with E-state index in [1.54, 1.807) is 42.5 Å². The molecule has 1 heterocycles. The maximum Gasteiger partial charge on any atom is 0.257 e. The summed E-state index contributed by atoms with van der Waals surface area (Å²) < 4.78 is 10.4. The number of carbonyl (C=O) groups is 3. The van der Waals surface area contributed by atoms with Crippen LogP contribution in [0.5, 0.6) is 11.5 Å². The Bertz CT molecular complexity index is 1220. The van der Waals surface area contributed by atoms with E-state index in [0.717, 1.165) is 11.3 Å². The molecule has 4 rings (SSSR count). The monoisotopic (exact) mass is 480 g/mol. The summed E-state index contributed by atoms with van der Waals surface area (Å²) in [4.78, 5) is 42.4. The van der Waals surface area contributed by atoms with Crippen LogP contribution in [0.4, 0.5) is 16.5 Å². The minimum Gasteiger partial charge on any atom is -0.497 e. The zero-order valence-electron chi connectivity index (χ0n) is 18.9. The molecule has 176 valence electrons. The number of aryl methyl sites for hydroxylation is 1.